The average Bonchev–Trinajstić information content (AvgIpc) is 2.68. The Kier molecular flexibility index (Phi) is 8.73. The zero-order chi connectivity index (χ0) is 21.2. The molecule has 29 heavy (non-hydrogen) atoms. The summed E-state index contributed by atoms with van der Waals surface area (Å²) in [6.07, 6.45) is 1.09. The molecule has 2 rings (SSSR count). The number of carbonyl (C=O) groups is 3. The molecule has 0 saturated carbocycles. The maximum atomic E-state index is 12.2. The van der Waals surface area contributed by atoms with E-state index in [0.717, 1.165) is 16.8 Å². The number of aryl methyl sites for hydroxylation is 2. The SMILES string of the molecule is COC(=O)c1ccc(C)c(NC(=O)CSCCCC(=O)Nc2cccc(C)c2)c1. The van der Waals surface area contributed by atoms with Crippen LogP contribution in [0.25, 0.3) is 0 Å². The van der Waals surface area contributed by atoms with Gasteiger partial charge in [-0.2, -0.15) is 11.8 Å². The summed E-state index contributed by atoms with van der Waals surface area (Å²) in [4.78, 5) is 35.8. The predicted molar refractivity (Wildman–Crippen MR) is 118 cm³/mol. The Morgan fingerprint density at radius 1 is 1.00 bits per heavy atom. The number of carbonyl (C=O) groups excluding carboxylic acids is 3. The third kappa shape index (κ3) is 7.62. The smallest absolute Gasteiger partial charge is 0.337 e. The van der Waals surface area contributed by atoms with Crippen LogP contribution in [0, 0.1) is 13.8 Å². The van der Waals surface area contributed by atoms with Crippen molar-refractivity contribution in [1.82, 2.24) is 0 Å². The topological polar surface area (TPSA) is 84.5 Å². The molecule has 0 aliphatic carbocycles. The zero-order valence-electron chi connectivity index (χ0n) is 16.9. The van der Waals surface area contributed by atoms with E-state index in [0.29, 0.717) is 29.8 Å². The van der Waals surface area contributed by atoms with Crippen LogP contribution in [0.4, 0.5) is 11.4 Å². The zero-order valence-corrected chi connectivity index (χ0v) is 17.7. The third-order valence-electron chi connectivity index (χ3n) is 4.16. The first-order valence-electron chi connectivity index (χ1n) is 9.32. The second-order valence-electron chi connectivity index (χ2n) is 6.64. The van der Waals surface area contributed by atoms with Crippen molar-refractivity contribution in [2.24, 2.45) is 0 Å². The number of anilines is 2. The molecule has 0 aliphatic rings. The van der Waals surface area contributed by atoms with Crippen molar-refractivity contribution in [1.29, 1.82) is 0 Å². The highest BCUT2D eigenvalue weighted by molar-refractivity contribution is 7.99. The number of hydrogen-bond donors (Lipinski definition) is 2. The number of methoxy groups -OCH3 is 1. The minimum atomic E-state index is -0.446. The second kappa shape index (κ2) is 11.3. The van der Waals surface area contributed by atoms with Gasteiger partial charge in [-0.15, -0.1) is 0 Å². The summed E-state index contributed by atoms with van der Waals surface area (Å²) >= 11 is 1.47. The molecule has 0 fully saturated rings. The second-order valence-corrected chi connectivity index (χ2v) is 7.75. The lowest BCUT2D eigenvalue weighted by atomic mass is 10.1. The Labute approximate surface area is 175 Å². The number of esters is 1. The monoisotopic (exact) mass is 414 g/mol. The maximum Gasteiger partial charge on any atom is 0.337 e. The number of thioether (sulfide) groups is 1. The summed E-state index contributed by atoms with van der Waals surface area (Å²) in [5.41, 5.74) is 3.74. The molecule has 0 unspecified atom stereocenters. The molecule has 154 valence electrons. The van der Waals surface area contributed by atoms with E-state index in [1.807, 2.05) is 38.1 Å². The van der Waals surface area contributed by atoms with Gasteiger partial charge in [-0.3, -0.25) is 9.59 Å². The van der Waals surface area contributed by atoms with Gasteiger partial charge in [-0.25, -0.2) is 4.79 Å². The van der Waals surface area contributed by atoms with Crippen LogP contribution in [0.2, 0.25) is 0 Å². The Morgan fingerprint density at radius 2 is 1.79 bits per heavy atom. The molecular formula is C22H26N2O4S. The maximum absolute atomic E-state index is 12.2. The molecule has 7 heteroatoms. The van der Waals surface area contributed by atoms with Gasteiger partial charge >= 0.3 is 5.97 Å². The minimum Gasteiger partial charge on any atom is -0.465 e. The number of hydrogen-bond acceptors (Lipinski definition) is 5. The normalized spacial score (nSPS) is 10.3. The average molecular weight is 415 g/mol. The Balaban J connectivity index is 1.69. The first kappa shape index (κ1) is 22.5. The number of benzene rings is 2. The quantitative estimate of drug-likeness (QED) is 0.475. The molecule has 0 aliphatic heterocycles. The van der Waals surface area contributed by atoms with Crippen molar-refractivity contribution >= 4 is 40.9 Å². The molecule has 0 spiro atoms. The Hall–Kier alpha value is -2.80. The fourth-order valence-corrected chi connectivity index (χ4v) is 3.38. The van der Waals surface area contributed by atoms with E-state index >= 15 is 0 Å². The fourth-order valence-electron chi connectivity index (χ4n) is 2.63. The highest BCUT2D eigenvalue weighted by atomic mass is 32.2. The molecule has 2 N–H and O–H groups in total. The van der Waals surface area contributed by atoms with Crippen LogP contribution in [0.1, 0.15) is 34.3 Å². The van der Waals surface area contributed by atoms with Crippen molar-refractivity contribution in [2.75, 3.05) is 29.2 Å². The molecule has 0 atom stereocenters. The molecule has 0 radical (unpaired) electrons. The van der Waals surface area contributed by atoms with Crippen LogP contribution >= 0.6 is 11.8 Å². The molecule has 0 saturated heterocycles. The third-order valence-corrected chi connectivity index (χ3v) is 5.20. The van der Waals surface area contributed by atoms with Crippen molar-refractivity contribution < 1.29 is 19.1 Å². The molecule has 2 aromatic rings. The van der Waals surface area contributed by atoms with Gasteiger partial charge in [-0.1, -0.05) is 18.2 Å². The lowest BCUT2D eigenvalue weighted by Crippen LogP contribution is -2.16. The molecular weight excluding hydrogens is 388 g/mol. The lowest BCUT2D eigenvalue weighted by molar-refractivity contribution is -0.116. The van der Waals surface area contributed by atoms with Crippen molar-refractivity contribution in [2.45, 2.75) is 26.7 Å². The van der Waals surface area contributed by atoms with Gasteiger partial charge in [0.2, 0.25) is 11.8 Å². The first-order valence-corrected chi connectivity index (χ1v) is 10.5. The van der Waals surface area contributed by atoms with Gasteiger partial charge in [0.15, 0.2) is 0 Å². The summed E-state index contributed by atoms with van der Waals surface area (Å²) in [7, 11) is 1.32. The summed E-state index contributed by atoms with van der Waals surface area (Å²) in [6, 6.07) is 12.7. The van der Waals surface area contributed by atoms with E-state index in [2.05, 4.69) is 10.6 Å². The van der Waals surface area contributed by atoms with E-state index in [4.69, 9.17) is 4.74 Å². The summed E-state index contributed by atoms with van der Waals surface area (Å²) in [5, 5.41) is 5.70. The van der Waals surface area contributed by atoms with Gasteiger partial charge in [-0.05, 0) is 61.4 Å². The van der Waals surface area contributed by atoms with Gasteiger partial charge < -0.3 is 15.4 Å². The largest absolute Gasteiger partial charge is 0.465 e. The van der Waals surface area contributed by atoms with Gasteiger partial charge in [0.25, 0.3) is 0 Å². The van der Waals surface area contributed by atoms with E-state index < -0.39 is 5.97 Å². The predicted octanol–water partition coefficient (Wildman–Crippen LogP) is 4.18. The summed E-state index contributed by atoms with van der Waals surface area (Å²) < 4.78 is 4.70. The molecule has 0 heterocycles. The first-order chi connectivity index (χ1) is 13.9. The minimum absolute atomic E-state index is 0.0316. The van der Waals surface area contributed by atoms with Crippen molar-refractivity contribution in [3.63, 3.8) is 0 Å². The highest BCUT2D eigenvalue weighted by Gasteiger charge is 2.10. The highest BCUT2D eigenvalue weighted by Crippen LogP contribution is 2.18. The molecule has 2 amide bonds. The Morgan fingerprint density at radius 3 is 2.52 bits per heavy atom. The van der Waals surface area contributed by atoms with Crippen LogP contribution in [0.5, 0.6) is 0 Å². The van der Waals surface area contributed by atoms with Gasteiger partial charge in [0.05, 0.1) is 18.4 Å². The number of rotatable bonds is 9. The number of nitrogens with one attached hydrogen (secondary N) is 2. The Bertz CT molecular complexity index is 883. The van der Waals surface area contributed by atoms with Crippen LogP contribution in [0.15, 0.2) is 42.5 Å². The number of amides is 2. The summed E-state index contributed by atoms with van der Waals surface area (Å²) in [5.74, 6) is 0.357. The molecule has 0 aromatic heterocycles. The van der Waals surface area contributed by atoms with Crippen LogP contribution < -0.4 is 10.6 Å². The van der Waals surface area contributed by atoms with E-state index in [9.17, 15) is 14.4 Å². The molecule has 6 nitrogen and oxygen atoms in total. The van der Waals surface area contributed by atoms with Gasteiger partial charge in [0.1, 0.15) is 0 Å². The fraction of sp³-hybridized carbons (Fsp3) is 0.318. The van der Waals surface area contributed by atoms with Crippen LogP contribution in [-0.2, 0) is 14.3 Å². The van der Waals surface area contributed by atoms with E-state index in [1.54, 1.807) is 18.2 Å². The molecule has 0 bridgehead atoms. The lowest BCUT2D eigenvalue weighted by Gasteiger charge is -2.10. The van der Waals surface area contributed by atoms with Crippen molar-refractivity contribution in [3.8, 4) is 0 Å². The van der Waals surface area contributed by atoms with Crippen LogP contribution in [0.3, 0.4) is 0 Å². The summed E-state index contributed by atoms with van der Waals surface area (Å²) in [6.45, 7) is 3.83. The van der Waals surface area contributed by atoms with Gasteiger partial charge in [0, 0.05) is 17.8 Å². The van der Waals surface area contributed by atoms with Crippen molar-refractivity contribution in [3.05, 3.63) is 59.2 Å². The number of ether oxygens (including phenoxy) is 1. The standard InChI is InChI=1S/C22H26N2O4S/c1-15-6-4-7-18(12-15)23-20(25)8-5-11-29-14-21(26)24-19-13-17(22(27)28-3)10-9-16(19)2/h4,6-7,9-10,12-13H,5,8,11,14H2,1-3H3,(H,23,25)(H,24,26). The van der Waals surface area contributed by atoms with E-state index in [-0.39, 0.29) is 17.6 Å². The molecule has 2 aromatic carbocycles. The van der Waals surface area contributed by atoms with Crippen LogP contribution in [-0.4, -0.2) is 36.4 Å². The van der Waals surface area contributed by atoms with E-state index in [1.165, 1.54) is 18.9 Å².